The first kappa shape index (κ1) is 23.8. The number of hydrogen-bond donors (Lipinski definition) is 0. The second-order valence-electron chi connectivity index (χ2n) is 10.6. The fourth-order valence-corrected chi connectivity index (χ4v) is 7.81. The van der Waals surface area contributed by atoms with Crippen molar-refractivity contribution in [3.63, 3.8) is 0 Å². The molecule has 0 bridgehead atoms. The Morgan fingerprint density at radius 1 is 0.605 bits per heavy atom. The summed E-state index contributed by atoms with van der Waals surface area (Å²) in [5.41, 5.74) is 8.02. The van der Waals surface area contributed by atoms with Gasteiger partial charge in [-0.2, -0.15) is 0 Å². The third-order valence-corrected chi connectivity index (χ3v) is 9.66. The SMILES string of the molecule is CC1(C)C2=Cc3ccccc3C2c2cc(F)ccc2[O][Zr][O]c2ccc(F)cc2C2C1=Cc1ccccc12. The first-order valence-electron chi connectivity index (χ1n) is 12.7. The molecule has 2 nitrogen and oxygen atoms in total. The standard InChI is InChI=1S/C33H26F2O2.Zr/c1-33(2,27-15-19-7-3-5-9-23(19)31(27)25-17-21(34)11-13-29(25)36)28-16-20-8-4-6-10-24(20)32(28)26-18-22(35)12-14-30(26)37;/h3-18,31-32,36-37H,1-2H3;/q;+2/p-2. The Kier molecular flexibility index (Phi) is 5.56. The van der Waals surface area contributed by atoms with Crippen LogP contribution < -0.4 is 5.63 Å². The Bertz CT molecular complexity index is 1550. The molecule has 1 heterocycles. The fourth-order valence-electron chi connectivity index (χ4n) is 6.35. The Morgan fingerprint density at radius 3 is 1.53 bits per heavy atom. The van der Waals surface area contributed by atoms with Crippen LogP contribution in [0.25, 0.3) is 12.2 Å². The molecule has 0 fully saturated rings. The van der Waals surface area contributed by atoms with Crippen molar-refractivity contribution in [3.05, 3.63) is 141 Å². The molecule has 0 N–H and O–H groups in total. The van der Waals surface area contributed by atoms with E-state index in [4.69, 9.17) is 5.63 Å². The zero-order valence-corrected chi connectivity index (χ0v) is 23.4. The fraction of sp³-hybridized carbons (Fsp3) is 0.152. The van der Waals surface area contributed by atoms with E-state index in [2.05, 4.69) is 50.3 Å². The Hall–Kier alpha value is -3.30. The topological polar surface area (TPSA) is 18.5 Å². The van der Waals surface area contributed by atoms with Gasteiger partial charge < -0.3 is 0 Å². The first-order valence-corrected chi connectivity index (χ1v) is 14.7. The van der Waals surface area contributed by atoms with Gasteiger partial charge in [0.15, 0.2) is 0 Å². The van der Waals surface area contributed by atoms with E-state index in [1.54, 1.807) is 24.3 Å². The summed E-state index contributed by atoms with van der Waals surface area (Å²) in [5.74, 6) is 0.347. The zero-order valence-electron chi connectivity index (χ0n) is 21.0. The van der Waals surface area contributed by atoms with E-state index in [0.717, 1.165) is 33.4 Å². The van der Waals surface area contributed by atoms with Crippen LogP contribution in [0.4, 0.5) is 8.78 Å². The van der Waals surface area contributed by atoms with Crippen LogP contribution in [0.3, 0.4) is 0 Å². The van der Waals surface area contributed by atoms with Crippen molar-refractivity contribution in [3.8, 4) is 11.5 Å². The average Bonchev–Trinajstić information content (AvgIpc) is 3.50. The zero-order chi connectivity index (χ0) is 26.0. The van der Waals surface area contributed by atoms with Crippen molar-refractivity contribution < 1.29 is 38.5 Å². The molecule has 7 rings (SSSR count). The van der Waals surface area contributed by atoms with Gasteiger partial charge in [0.1, 0.15) is 0 Å². The number of rotatable bonds is 0. The second-order valence-corrected chi connectivity index (χ2v) is 12.0. The molecule has 3 aliphatic rings. The molecule has 0 saturated carbocycles. The molecule has 186 valence electrons. The van der Waals surface area contributed by atoms with Crippen LogP contribution in [0.1, 0.15) is 59.1 Å². The number of allylic oxidation sites excluding steroid dienone is 2. The average molecular weight is 582 g/mol. The van der Waals surface area contributed by atoms with E-state index in [9.17, 15) is 8.78 Å². The number of halogens is 2. The van der Waals surface area contributed by atoms with Gasteiger partial charge in [-0.1, -0.05) is 0 Å². The summed E-state index contributed by atoms with van der Waals surface area (Å²) >= 11 is -1.90. The number of fused-ring (bicyclic) bond motifs is 10. The maximum atomic E-state index is 14.8. The van der Waals surface area contributed by atoms with E-state index >= 15 is 0 Å². The Morgan fingerprint density at radius 2 is 1.05 bits per heavy atom. The van der Waals surface area contributed by atoms with E-state index < -0.39 is 29.5 Å². The summed E-state index contributed by atoms with van der Waals surface area (Å²) in [6, 6.07) is 26.1. The Balaban J connectivity index is 1.52. The molecule has 0 spiro atoms. The minimum atomic E-state index is -1.90. The maximum absolute atomic E-state index is 14.8. The van der Waals surface area contributed by atoms with E-state index in [0.29, 0.717) is 11.5 Å². The van der Waals surface area contributed by atoms with Crippen molar-refractivity contribution >= 4 is 12.2 Å². The van der Waals surface area contributed by atoms with Crippen molar-refractivity contribution in [2.45, 2.75) is 25.7 Å². The molecule has 1 aliphatic heterocycles. The molecule has 4 aromatic carbocycles. The van der Waals surface area contributed by atoms with Crippen LogP contribution in [0.15, 0.2) is 96.1 Å². The predicted octanol–water partition coefficient (Wildman–Crippen LogP) is 8.43. The molecule has 38 heavy (non-hydrogen) atoms. The first-order chi connectivity index (χ1) is 18.4. The van der Waals surface area contributed by atoms with Crippen LogP contribution in [-0.2, 0) is 24.1 Å². The van der Waals surface area contributed by atoms with E-state index in [1.165, 1.54) is 23.3 Å². The summed E-state index contributed by atoms with van der Waals surface area (Å²) in [4.78, 5) is 0. The van der Waals surface area contributed by atoms with Crippen LogP contribution in [0, 0.1) is 17.0 Å². The molecular formula is C33H24F2O2Zr. The molecule has 0 radical (unpaired) electrons. The van der Waals surface area contributed by atoms with Gasteiger partial charge in [0, 0.05) is 0 Å². The third kappa shape index (κ3) is 3.66. The van der Waals surface area contributed by atoms with Crippen molar-refractivity contribution in [2.24, 2.45) is 5.41 Å². The van der Waals surface area contributed by atoms with Crippen molar-refractivity contribution in [2.75, 3.05) is 0 Å². The van der Waals surface area contributed by atoms with Gasteiger partial charge in [-0.25, -0.2) is 0 Å². The van der Waals surface area contributed by atoms with E-state index in [1.807, 2.05) is 24.3 Å². The quantitative estimate of drug-likeness (QED) is 0.208. The molecule has 2 aliphatic carbocycles. The molecule has 0 saturated heterocycles. The van der Waals surface area contributed by atoms with Gasteiger partial charge in [-0.3, -0.25) is 0 Å². The van der Waals surface area contributed by atoms with Crippen LogP contribution in [0.5, 0.6) is 11.5 Å². The molecule has 5 heteroatoms. The number of hydrogen-bond acceptors (Lipinski definition) is 2. The van der Waals surface area contributed by atoms with Crippen LogP contribution in [0.2, 0.25) is 0 Å². The van der Waals surface area contributed by atoms with Gasteiger partial charge in [-0.05, 0) is 0 Å². The summed E-state index contributed by atoms with van der Waals surface area (Å²) in [7, 11) is 0. The van der Waals surface area contributed by atoms with Gasteiger partial charge in [-0.15, -0.1) is 0 Å². The summed E-state index contributed by atoms with van der Waals surface area (Å²) in [5, 5.41) is 0. The van der Waals surface area contributed by atoms with Gasteiger partial charge in [0.05, 0.1) is 0 Å². The third-order valence-electron chi connectivity index (χ3n) is 8.17. The predicted molar refractivity (Wildman–Crippen MR) is 140 cm³/mol. The van der Waals surface area contributed by atoms with Crippen molar-refractivity contribution in [1.29, 1.82) is 0 Å². The molecule has 4 aromatic rings. The van der Waals surface area contributed by atoms with Gasteiger partial charge >= 0.3 is 234 Å². The monoisotopic (exact) mass is 580 g/mol. The summed E-state index contributed by atoms with van der Waals surface area (Å²) in [6.07, 6.45) is 4.51. The molecular weight excluding hydrogens is 558 g/mol. The Labute approximate surface area is 233 Å². The second kappa shape index (κ2) is 8.88. The summed E-state index contributed by atoms with van der Waals surface area (Å²) < 4.78 is 42.2. The molecule has 2 unspecified atom stereocenters. The van der Waals surface area contributed by atoms with Crippen molar-refractivity contribution in [1.82, 2.24) is 0 Å². The van der Waals surface area contributed by atoms with Crippen LogP contribution >= 0.6 is 0 Å². The number of benzene rings is 4. The molecule has 0 amide bonds. The normalized spacial score (nSPS) is 20.2. The van der Waals surface area contributed by atoms with E-state index in [-0.39, 0.29) is 23.5 Å². The molecule has 0 aromatic heterocycles. The summed E-state index contributed by atoms with van der Waals surface area (Å²) in [6.45, 7) is 4.45. The van der Waals surface area contributed by atoms with Crippen LogP contribution in [-0.4, -0.2) is 0 Å². The minimum absolute atomic E-state index is 0.178. The van der Waals surface area contributed by atoms with Gasteiger partial charge in [0.25, 0.3) is 0 Å². The molecule has 2 atom stereocenters. The van der Waals surface area contributed by atoms with Gasteiger partial charge in [0.2, 0.25) is 0 Å².